The summed E-state index contributed by atoms with van der Waals surface area (Å²) in [6.07, 6.45) is 6.74. The summed E-state index contributed by atoms with van der Waals surface area (Å²) in [5.74, 6) is -1.40. The Balaban J connectivity index is 1.56. The minimum atomic E-state index is -1.18. The van der Waals surface area contributed by atoms with Crippen LogP contribution in [0.2, 0.25) is 0 Å². The number of hydrogen-bond donors (Lipinski definition) is 0. The van der Waals surface area contributed by atoms with Gasteiger partial charge in [0.2, 0.25) is 11.8 Å². The third kappa shape index (κ3) is 6.33. The maximum Gasteiger partial charge on any atom is 0.235 e. The van der Waals surface area contributed by atoms with Gasteiger partial charge >= 0.3 is 0 Å². The molecule has 2 amide bonds. The van der Waals surface area contributed by atoms with Crippen molar-refractivity contribution in [1.29, 1.82) is 0 Å². The summed E-state index contributed by atoms with van der Waals surface area (Å²) >= 11 is 1.51. The van der Waals surface area contributed by atoms with Gasteiger partial charge in [-0.3, -0.25) is 14.5 Å². The van der Waals surface area contributed by atoms with Crippen molar-refractivity contribution < 1.29 is 18.4 Å². The first-order chi connectivity index (χ1) is 20.4. The van der Waals surface area contributed by atoms with E-state index in [4.69, 9.17) is 0 Å². The van der Waals surface area contributed by atoms with Crippen LogP contribution < -0.4 is 0 Å². The monoisotopic (exact) mass is 628 g/mol. The largest absolute Gasteiger partial charge is 0.334 e. The van der Waals surface area contributed by atoms with Gasteiger partial charge in [0.25, 0.3) is 0 Å². The van der Waals surface area contributed by atoms with Gasteiger partial charge in [-0.1, -0.05) is 40.7 Å². The number of benzene rings is 1. The third-order valence-corrected chi connectivity index (χ3v) is 11.2. The lowest BCUT2D eigenvalue weighted by atomic mass is 9.74. The molecule has 1 aromatic carbocycles. The predicted octanol–water partition coefficient (Wildman–Crippen LogP) is 7.35. The van der Waals surface area contributed by atoms with E-state index in [1.165, 1.54) is 23.5 Å². The number of carbonyl (C=O) groups excluding carboxylic acids is 2. The quantitative estimate of drug-likeness (QED) is 0.348. The van der Waals surface area contributed by atoms with Crippen molar-refractivity contribution in [3.63, 3.8) is 0 Å². The van der Waals surface area contributed by atoms with Crippen molar-refractivity contribution in [2.45, 2.75) is 123 Å². The molecule has 3 heterocycles. The lowest BCUT2D eigenvalue weighted by Crippen LogP contribution is -2.55. The first-order valence-electron chi connectivity index (χ1n) is 16.2. The van der Waals surface area contributed by atoms with Crippen molar-refractivity contribution in [1.82, 2.24) is 19.7 Å². The van der Waals surface area contributed by atoms with Gasteiger partial charge in [0.1, 0.15) is 16.6 Å². The lowest BCUT2D eigenvalue weighted by molar-refractivity contribution is -0.147. The Bertz CT molecular complexity index is 1360. The van der Waals surface area contributed by atoms with Crippen LogP contribution in [0.5, 0.6) is 0 Å². The van der Waals surface area contributed by atoms with E-state index in [-0.39, 0.29) is 46.5 Å². The highest BCUT2D eigenvalue weighted by molar-refractivity contribution is 7.09. The molecule has 5 rings (SSSR count). The molecule has 1 saturated carbocycles. The Morgan fingerprint density at radius 3 is 2.25 bits per heavy atom. The van der Waals surface area contributed by atoms with Gasteiger partial charge < -0.3 is 9.80 Å². The zero-order chi connectivity index (χ0) is 32.2. The van der Waals surface area contributed by atoms with Gasteiger partial charge in [-0.25, -0.2) is 13.8 Å². The average Bonchev–Trinajstić information content (AvgIpc) is 3.69. The van der Waals surface area contributed by atoms with Crippen molar-refractivity contribution in [2.24, 2.45) is 10.8 Å². The van der Waals surface area contributed by atoms with Gasteiger partial charge in [0.15, 0.2) is 0 Å². The Hall–Kier alpha value is -2.39. The molecule has 0 unspecified atom stereocenters. The number of rotatable bonds is 5. The fourth-order valence-electron chi connectivity index (χ4n) is 7.60. The first-order valence-corrected chi connectivity index (χ1v) is 17.0. The zero-order valence-corrected chi connectivity index (χ0v) is 28.6. The van der Waals surface area contributed by atoms with E-state index < -0.39 is 22.5 Å². The van der Waals surface area contributed by atoms with Crippen molar-refractivity contribution in [3.05, 3.63) is 52.0 Å². The molecule has 0 N–H and O–H groups in total. The summed E-state index contributed by atoms with van der Waals surface area (Å²) in [6.45, 7) is 18.1. The van der Waals surface area contributed by atoms with Gasteiger partial charge in [0, 0.05) is 59.8 Å². The minimum Gasteiger partial charge on any atom is -0.334 e. The molecule has 6 nitrogen and oxygen atoms in total. The second-order valence-corrected chi connectivity index (χ2v) is 17.1. The second kappa shape index (κ2) is 11.8. The van der Waals surface area contributed by atoms with E-state index >= 15 is 9.18 Å². The number of carbonyl (C=O) groups is 2. The van der Waals surface area contributed by atoms with Crippen LogP contribution in [0.3, 0.4) is 0 Å². The lowest BCUT2D eigenvalue weighted by Gasteiger charge is -2.45. The van der Waals surface area contributed by atoms with Gasteiger partial charge in [-0.05, 0) is 70.8 Å². The highest BCUT2D eigenvalue weighted by Crippen LogP contribution is 2.47. The number of likely N-dealkylation sites (tertiary alicyclic amines) is 2. The van der Waals surface area contributed by atoms with Crippen LogP contribution in [0, 0.1) is 22.5 Å². The molecule has 0 spiro atoms. The molecule has 3 aliphatic rings. The standard InChI is InChI=1S/C35H50F2N4O2S/c1-32(2,3)30(42)41(24-11-13-34(7,8)14-12-24)25-20-28(29-38-16-18-44-29)40(21-25)31(43)35(15-17-39(22-35)33(4,5)6)26-10-9-23(36)19-27(26)37/h9-10,16,18-19,24-25,28H,11-15,17,20-22H2,1-8H3/t25-,28+,35+/m0/s1. The molecule has 1 aromatic heterocycles. The van der Waals surface area contributed by atoms with Crippen LogP contribution in [0.25, 0.3) is 0 Å². The molecule has 3 fully saturated rings. The Kier molecular flexibility index (Phi) is 8.82. The number of hydrogen-bond acceptors (Lipinski definition) is 5. The van der Waals surface area contributed by atoms with Crippen LogP contribution in [0.1, 0.15) is 111 Å². The summed E-state index contributed by atoms with van der Waals surface area (Å²) in [4.78, 5) is 40.1. The molecule has 44 heavy (non-hydrogen) atoms. The van der Waals surface area contributed by atoms with Crippen LogP contribution in [0.15, 0.2) is 29.8 Å². The number of amides is 2. The van der Waals surface area contributed by atoms with Gasteiger partial charge in [-0.15, -0.1) is 11.3 Å². The van der Waals surface area contributed by atoms with E-state index in [2.05, 4.69) is 49.4 Å². The molecule has 2 aliphatic heterocycles. The normalized spacial score (nSPS) is 26.7. The van der Waals surface area contributed by atoms with Crippen molar-refractivity contribution in [2.75, 3.05) is 19.6 Å². The molecule has 2 aromatic rings. The van der Waals surface area contributed by atoms with Crippen LogP contribution in [0.4, 0.5) is 8.78 Å². The average molecular weight is 629 g/mol. The maximum absolute atomic E-state index is 15.6. The Morgan fingerprint density at radius 2 is 1.70 bits per heavy atom. The molecule has 2 saturated heterocycles. The molecule has 1 aliphatic carbocycles. The number of halogens is 2. The molecular weight excluding hydrogens is 578 g/mol. The second-order valence-electron chi connectivity index (χ2n) is 16.1. The zero-order valence-electron chi connectivity index (χ0n) is 27.8. The molecular formula is C35H50F2N4O2S. The van der Waals surface area contributed by atoms with Crippen molar-refractivity contribution in [3.8, 4) is 0 Å². The van der Waals surface area contributed by atoms with E-state index in [0.29, 0.717) is 32.5 Å². The first kappa shape index (κ1) is 33.0. The van der Waals surface area contributed by atoms with Crippen LogP contribution in [-0.4, -0.2) is 68.8 Å². The van der Waals surface area contributed by atoms with Crippen molar-refractivity contribution >= 4 is 23.2 Å². The fraction of sp³-hybridized carbons (Fsp3) is 0.686. The van der Waals surface area contributed by atoms with Crippen LogP contribution in [-0.2, 0) is 15.0 Å². The summed E-state index contributed by atoms with van der Waals surface area (Å²) in [7, 11) is 0. The van der Waals surface area contributed by atoms with E-state index in [9.17, 15) is 9.18 Å². The number of aromatic nitrogens is 1. The fourth-order valence-corrected chi connectivity index (χ4v) is 8.36. The third-order valence-electron chi connectivity index (χ3n) is 10.3. The highest BCUT2D eigenvalue weighted by Gasteiger charge is 2.55. The Labute approximate surface area is 266 Å². The Morgan fingerprint density at radius 1 is 1.02 bits per heavy atom. The predicted molar refractivity (Wildman–Crippen MR) is 171 cm³/mol. The summed E-state index contributed by atoms with van der Waals surface area (Å²) < 4.78 is 29.8. The maximum atomic E-state index is 15.6. The minimum absolute atomic E-state index is 0.109. The molecule has 242 valence electrons. The summed E-state index contributed by atoms with van der Waals surface area (Å²) in [6, 6.07) is 3.21. The number of thiazole rings is 1. The summed E-state index contributed by atoms with van der Waals surface area (Å²) in [5.41, 5.74) is -1.48. The molecule has 9 heteroatoms. The van der Waals surface area contributed by atoms with E-state index in [1.807, 2.05) is 31.1 Å². The number of nitrogens with zero attached hydrogens (tertiary/aromatic N) is 4. The smallest absolute Gasteiger partial charge is 0.235 e. The highest BCUT2D eigenvalue weighted by atomic mass is 32.1. The summed E-state index contributed by atoms with van der Waals surface area (Å²) in [5, 5.41) is 2.74. The van der Waals surface area contributed by atoms with E-state index in [1.54, 1.807) is 6.20 Å². The molecule has 0 radical (unpaired) electrons. The topological polar surface area (TPSA) is 56.8 Å². The SMILES string of the molecule is CC1(C)CCC(N(C(=O)C(C)(C)C)[C@H]2C[C@H](c3nccs3)N(C(=O)[C@]3(c4ccc(F)cc4F)CCN(C(C)(C)C)C3)C2)CC1. The van der Waals surface area contributed by atoms with E-state index in [0.717, 1.165) is 36.8 Å². The van der Waals surface area contributed by atoms with Gasteiger partial charge in [0.05, 0.1) is 17.5 Å². The van der Waals surface area contributed by atoms with Gasteiger partial charge in [-0.2, -0.15) is 0 Å². The molecule has 3 atom stereocenters. The molecule has 0 bridgehead atoms. The van der Waals surface area contributed by atoms with Crippen LogP contribution >= 0.6 is 11.3 Å².